The van der Waals surface area contributed by atoms with Gasteiger partial charge in [0.2, 0.25) is 0 Å². The topological polar surface area (TPSA) is 61.0 Å². The standard InChI is InChI=1S/C11H18ClN3O2S/c1-4-5-9-10(15(16)17)11(14(3)13-9)18-8(2)6-7-12/h8H,4-7H2,1-3H3. The molecule has 1 aromatic rings. The fourth-order valence-electron chi connectivity index (χ4n) is 1.67. The smallest absolute Gasteiger partial charge is 0.258 e. The molecule has 0 aromatic carbocycles. The zero-order valence-corrected chi connectivity index (χ0v) is 12.4. The third-order valence-electron chi connectivity index (χ3n) is 2.54. The number of alkyl halides is 1. The summed E-state index contributed by atoms with van der Waals surface area (Å²) in [5.41, 5.74) is 0.733. The molecule has 7 heteroatoms. The van der Waals surface area contributed by atoms with Gasteiger partial charge < -0.3 is 0 Å². The van der Waals surface area contributed by atoms with Crippen LogP contribution in [0.3, 0.4) is 0 Å². The van der Waals surface area contributed by atoms with Crippen molar-refractivity contribution in [1.82, 2.24) is 9.78 Å². The van der Waals surface area contributed by atoms with Gasteiger partial charge in [-0.25, -0.2) is 0 Å². The average molecular weight is 292 g/mol. The second-order valence-corrected chi connectivity index (χ2v) is 5.94. The average Bonchev–Trinajstić information content (AvgIpc) is 2.56. The maximum absolute atomic E-state index is 11.2. The molecular formula is C11H18ClN3O2S. The fraction of sp³-hybridized carbons (Fsp3) is 0.727. The van der Waals surface area contributed by atoms with Crippen LogP contribution in [0.5, 0.6) is 0 Å². The van der Waals surface area contributed by atoms with Gasteiger partial charge in [0.15, 0.2) is 5.03 Å². The number of rotatable bonds is 7. The van der Waals surface area contributed by atoms with Crippen molar-refractivity contribution < 1.29 is 4.92 Å². The first-order chi connectivity index (χ1) is 8.51. The third-order valence-corrected chi connectivity index (χ3v) is 4.08. The molecule has 0 N–H and O–H groups in total. The Morgan fingerprint density at radius 2 is 2.28 bits per heavy atom. The molecule has 5 nitrogen and oxygen atoms in total. The summed E-state index contributed by atoms with van der Waals surface area (Å²) in [5, 5.41) is 16.3. The zero-order valence-electron chi connectivity index (χ0n) is 10.9. The normalized spacial score (nSPS) is 12.7. The molecule has 0 fully saturated rings. The van der Waals surface area contributed by atoms with Crippen LogP contribution in [0.15, 0.2) is 5.03 Å². The molecule has 0 bridgehead atoms. The summed E-state index contributed by atoms with van der Waals surface area (Å²) in [6, 6.07) is 0. The van der Waals surface area contributed by atoms with Crippen molar-refractivity contribution in [3.05, 3.63) is 15.8 Å². The molecule has 0 saturated heterocycles. The van der Waals surface area contributed by atoms with Gasteiger partial charge in [-0.2, -0.15) is 5.10 Å². The summed E-state index contributed by atoms with van der Waals surface area (Å²) in [5.74, 6) is 0.557. The molecule has 18 heavy (non-hydrogen) atoms. The van der Waals surface area contributed by atoms with E-state index >= 15 is 0 Å². The molecule has 0 amide bonds. The van der Waals surface area contributed by atoms with E-state index < -0.39 is 0 Å². The summed E-state index contributed by atoms with van der Waals surface area (Å²) in [6.45, 7) is 4.00. The SMILES string of the molecule is CCCc1nn(C)c(SC(C)CCCl)c1[N+](=O)[O-]. The number of nitrogens with zero attached hydrogens (tertiary/aromatic N) is 3. The molecule has 0 aliphatic heterocycles. The molecule has 1 heterocycles. The Bertz CT molecular complexity index is 423. The summed E-state index contributed by atoms with van der Waals surface area (Å²) in [7, 11) is 1.75. The third kappa shape index (κ3) is 3.62. The van der Waals surface area contributed by atoms with Crippen LogP contribution in [-0.4, -0.2) is 25.8 Å². The highest BCUT2D eigenvalue weighted by atomic mass is 35.5. The lowest BCUT2D eigenvalue weighted by Gasteiger charge is -2.08. The van der Waals surface area contributed by atoms with Crippen molar-refractivity contribution in [1.29, 1.82) is 0 Å². The maximum atomic E-state index is 11.2. The van der Waals surface area contributed by atoms with Crippen molar-refractivity contribution in [3.8, 4) is 0 Å². The van der Waals surface area contributed by atoms with Crippen LogP contribution in [0.2, 0.25) is 0 Å². The van der Waals surface area contributed by atoms with Crippen LogP contribution in [0.25, 0.3) is 0 Å². The highest BCUT2D eigenvalue weighted by Crippen LogP contribution is 2.35. The Hall–Kier alpha value is -0.750. The lowest BCUT2D eigenvalue weighted by molar-refractivity contribution is -0.388. The van der Waals surface area contributed by atoms with Crippen LogP contribution in [0.4, 0.5) is 5.69 Å². The van der Waals surface area contributed by atoms with Gasteiger partial charge in [0.05, 0.1) is 4.92 Å². The summed E-state index contributed by atoms with van der Waals surface area (Å²) in [6.07, 6.45) is 2.30. The minimum atomic E-state index is -0.326. The van der Waals surface area contributed by atoms with E-state index in [1.165, 1.54) is 11.8 Å². The van der Waals surface area contributed by atoms with Crippen molar-refractivity contribution in [3.63, 3.8) is 0 Å². The molecule has 1 rings (SSSR count). The van der Waals surface area contributed by atoms with Gasteiger partial charge in [0.25, 0.3) is 0 Å². The summed E-state index contributed by atoms with van der Waals surface area (Å²) >= 11 is 7.16. The number of hydrogen-bond donors (Lipinski definition) is 0. The Morgan fingerprint density at radius 1 is 1.61 bits per heavy atom. The van der Waals surface area contributed by atoms with Gasteiger partial charge in [0.1, 0.15) is 5.69 Å². The van der Waals surface area contributed by atoms with E-state index in [0.29, 0.717) is 23.0 Å². The maximum Gasteiger partial charge on any atom is 0.323 e. The summed E-state index contributed by atoms with van der Waals surface area (Å²) < 4.78 is 1.61. The number of hydrogen-bond acceptors (Lipinski definition) is 4. The number of aromatic nitrogens is 2. The number of thioether (sulfide) groups is 1. The molecule has 0 spiro atoms. The Balaban J connectivity index is 3.05. The molecule has 0 aliphatic rings. The predicted molar refractivity (Wildman–Crippen MR) is 74.5 cm³/mol. The van der Waals surface area contributed by atoms with E-state index in [2.05, 4.69) is 5.10 Å². The summed E-state index contributed by atoms with van der Waals surface area (Å²) in [4.78, 5) is 10.9. The minimum absolute atomic E-state index is 0.158. The first kappa shape index (κ1) is 15.3. The highest BCUT2D eigenvalue weighted by molar-refractivity contribution is 8.00. The zero-order chi connectivity index (χ0) is 13.7. The van der Waals surface area contributed by atoms with E-state index in [9.17, 15) is 10.1 Å². The Labute approximate surface area is 116 Å². The largest absolute Gasteiger partial charge is 0.323 e. The van der Waals surface area contributed by atoms with Crippen LogP contribution < -0.4 is 0 Å². The van der Waals surface area contributed by atoms with E-state index in [4.69, 9.17) is 11.6 Å². The van der Waals surface area contributed by atoms with E-state index in [-0.39, 0.29) is 15.9 Å². The van der Waals surface area contributed by atoms with Gasteiger partial charge in [-0.15, -0.1) is 11.6 Å². The van der Waals surface area contributed by atoms with Crippen molar-refractivity contribution in [2.24, 2.45) is 7.05 Å². The molecule has 1 unspecified atom stereocenters. The second kappa shape index (κ2) is 6.99. The lowest BCUT2D eigenvalue weighted by Crippen LogP contribution is -2.02. The van der Waals surface area contributed by atoms with Crippen LogP contribution in [-0.2, 0) is 13.5 Å². The van der Waals surface area contributed by atoms with Crippen LogP contribution >= 0.6 is 23.4 Å². The molecule has 0 saturated carbocycles. The molecule has 1 aromatic heterocycles. The monoisotopic (exact) mass is 291 g/mol. The van der Waals surface area contributed by atoms with Gasteiger partial charge in [-0.3, -0.25) is 14.8 Å². The van der Waals surface area contributed by atoms with E-state index in [0.717, 1.165) is 12.8 Å². The number of nitro groups is 1. The van der Waals surface area contributed by atoms with Gasteiger partial charge >= 0.3 is 5.69 Å². The van der Waals surface area contributed by atoms with Gasteiger partial charge in [0, 0.05) is 18.2 Å². The van der Waals surface area contributed by atoms with E-state index in [1.54, 1.807) is 11.7 Å². The first-order valence-electron chi connectivity index (χ1n) is 5.94. The quantitative estimate of drug-likeness (QED) is 0.334. The Morgan fingerprint density at radius 3 is 2.78 bits per heavy atom. The molecular weight excluding hydrogens is 274 g/mol. The molecule has 1 atom stereocenters. The fourth-order valence-corrected chi connectivity index (χ4v) is 3.25. The predicted octanol–water partition coefficient (Wildman–Crippen LogP) is 3.39. The van der Waals surface area contributed by atoms with Gasteiger partial charge in [-0.1, -0.05) is 32.0 Å². The molecule has 0 radical (unpaired) electrons. The van der Waals surface area contributed by atoms with Crippen molar-refractivity contribution >= 4 is 29.1 Å². The molecule has 102 valence electrons. The second-order valence-electron chi connectivity index (χ2n) is 4.14. The van der Waals surface area contributed by atoms with Gasteiger partial charge in [-0.05, 0) is 12.8 Å². The van der Waals surface area contributed by atoms with Crippen LogP contribution in [0, 0.1) is 10.1 Å². The number of aryl methyl sites for hydroxylation is 2. The van der Waals surface area contributed by atoms with Crippen molar-refractivity contribution in [2.75, 3.05) is 5.88 Å². The number of halogens is 1. The van der Waals surface area contributed by atoms with Crippen molar-refractivity contribution in [2.45, 2.75) is 43.4 Å². The Kier molecular flexibility index (Phi) is 5.95. The highest BCUT2D eigenvalue weighted by Gasteiger charge is 2.27. The molecule has 0 aliphatic carbocycles. The minimum Gasteiger partial charge on any atom is -0.258 e. The van der Waals surface area contributed by atoms with Crippen LogP contribution in [0.1, 0.15) is 32.4 Å². The first-order valence-corrected chi connectivity index (χ1v) is 7.35. The van der Waals surface area contributed by atoms with E-state index in [1.807, 2.05) is 13.8 Å². The lowest BCUT2D eigenvalue weighted by atomic mass is 10.2.